The number of hydrogen-bond donors (Lipinski definition) is 1. The lowest BCUT2D eigenvalue weighted by molar-refractivity contribution is 0.0342. The van der Waals surface area contributed by atoms with Crippen molar-refractivity contribution in [2.75, 3.05) is 31.6 Å². The Kier molecular flexibility index (Phi) is 4.76. The second-order valence-corrected chi connectivity index (χ2v) is 5.92. The molecule has 0 unspecified atom stereocenters. The van der Waals surface area contributed by atoms with Crippen LogP contribution in [0.4, 0.5) is 5.69 Å². The first kappa shape index (κ1) is 15.9. The summed E-state index contributed by atoms with van der Waals surface area (Å²) in [5.74, 6) is 1.07. The molecule has 0 amide bonds. The number of aromatic nitrogens is 2. The van der Waals surface area contributed by atoms with Crippen molar-refractivity contribution in [2.45, 2.75) is 13.1 Å². The molecule has 0 saturated carbocycles. The molecule has 2 aromatic heterocycles. The standard InChI is InChI=1S/C18H20N4O3/c1-2-4-16(14(3-1)12-22-6-9-23-10-7-22)19-11-17-20-18(21-25-17)15-5-8-24-13-15/h1-5,8,13,19H,6-7,9-12H2. The van der Waals surface area contributed by atoms with Gasteiger partial charge in [-0.25, -0.2) is 0 Å². The lowest BCUT2D eigenvalue weighted by Gasteiger charge is -2.27. The molecule has 4 rings (SSSR count). The Morgan fingerprint density at radius 2 is 2.00 bits per heavy atom. The first-order valence-corrected chi connectivity index (χ1v) is 8.35. The van der Waals surface area contributed by atoms with Gasteiger partial charge in [-0.15, -0.1) is 0 Å². The maximum atomic E-state index is 5.41. The minimum Gasteiger partial charge on any atom is -0.472 e. The van der Waals surface area contributed by atoms with Crippen molar-refractivity contribution in [3.8, 4) is 11.4 Å². The third kappa shape index (κ3) is 3.89. The molecule has 130 valence electrons. The van der Waals surface area contributed by atoms with Gasteiger partial charge in [0.25, 0.3) is 0 Å². The highest BCUT2D eigenvalue weighted by Crippen LogP contribution is 2.20. The Bertz CT molecular complexity index is 794. The summed E-state index contributed by atoms with van der Waals surface area (Å²) >= 11 is 0. The maximum absolute atomic E-state index is 5.41. The van der Waals surface area contributed by atoms with Crippen molar-refractivity contribution in [3.05, 3.63) is 54.3 Å². The zero-order valence-electron chi connectivity index (χ0n) is 13.9. The summed E-state index contributed by atoms with van der Waals surface area (Å²) in [6.45, 7) is 4.91. The zero-order chi connectivity index (χ0) is 16.9. The largest absolute Gasteiger partial charge is 0.472 e. The van der Waals surface area contributed by atoms with Gasteiger partial charge in [-0.3, -0.25) is 4.90 Å². The molecule has 7 heteroatoms. The van der Waals surface area contributed by atoms with Gasteiger partial charge < -0.3 is 19.0 Å². The topological polar surface area (TPSA) is 76.6 Å². The van der Waals surface area contributed by atoms with Crippen molar-refractivity contribution in [1.29, 1.82) is 0 Å². The van der Waals surface area contributed by atoms with Crippen LogP contribution in [0.2, 0.25) is 0 Å². The number of nitrogens with one attached hydrogen (secondary N) is 1. The molecule has 1 aliphatic rings. The lowest BCUT2D eigenvalue weighted by atomic mass is 10.1. The van der Waals surface area contributed by atoms with E-state index in [4.69, 9.17) is 13.7 Å². The van der Waals surface area contributed by atoms with E-state index in [-0.39, 0.29) is 0 Å². The molecule has 3 aromatic rings. The van der Waals surface area contributed by atoms with Crippen molar-refractivity contribution >= 4 is 5.69 Å². The normalized spacial score (nSPS) is 15.4. The van der Waals surface area contributed by atoms with E-state index in [0.717, 1.165) is 44.1 Å². The van der Waals surface area contributed by atoms with Gasteiger partial charge in [0.2, 0.25) is 11.7 Å². The van der Waals surface area contributed by atoms with Gasteiger partial charge in [0.05, 0.1) is 31.6 Å². The molecule has 7 nitrogen and oxygen atoms in total. The summed E-state index contributed by atoms with van der Waals surface area (Å²) in [6, 6.07) is 10.1. The van der Waals surface area contributed by atoms with Crippen LogP contribution in [0, 0.1) is 0 Å². The summed E-state index contributed by atoms with van der Waals surface area (Å²) < 4.78 is 15.8. The molecule has 0 bridgehead atoms. The van der Waals surface area contributed by atoms with Crippen LogP contribution in [0.1, 0.15) is 11.5 Å². The van der Waals surface area contributed by atoms with Crippen LogP contribution in [0.5, 0.6) is 0 Å². The van der Waals surface area contributed by atoms with Crippen LogP contribution in [0.3, 0.4) is 0 Å². The molecule has 0 spiro atoms. The predicted molar refractivity (Wildman–Crippen MR) is 91.9 cm³/mol. The molecule has 1 aliphatic heterocycles. The molecule has 3 heterocycles. The lowest BCUT2D eigenvalue weighted by Crippen LogP contribution is -2.35. The van der Waals surface area contributed by atoms with E-state index in [9.17, 15) is 0 Å². The minimum absolute atomic E-state index is 0.477. The van der Waals surface area contributed by atoms with Crippen molar-refractivity contribution in [1.82, 2.24) is 15.0 Å². The van der Waals surface area contributed by atoms with E-state index in [1.165, 1.54) is 5.56 Å². The third-order valence-electron chi connectivity index (χ3n) is 4.19. The van der Waals surface area contributed by atoms with E-state index >= 15 is 0 Å². The summed E-state index contributed by atoms with van der Waals surface area (Å²) in [7, 11) is 0. The molecule has 0 radical (unpaired) electrons. The Hall–Kier alpha value is -2.64. The van der Waals surface area contributed by atoms with E-state index in [0.29, 0.717) is 18.3 Å². The second kappa shape index (κ2) is 7.50. The Morgan fingerprint density at radius 1 is 1.12 bits per heavy atom. The fourth-order valence-electron chi connectivity index (χ4n) is 2.84. The van der Waals surface area contributed by atoms with Gasteiger partial charge in [0, 0.05) is 25.3 Å². The van der Waals surface area contributed by atoms with Gasteiger partial charge in [-0.05, 0) is 17.7 Å². The number of nitrogens with zero attached hydrogens (tertiary/aromatic N) is 3. The second-order valence-electron chi connectivity index (χ2n) is 5.92. The minimum atomic E-state index is 0.477. The monoisotopic (exact) mass is 340 g/mol. The highest BCUT2D eigenvalue weighted by atomic mass is 16.5. The summed E-state index contributed by atoms with van der Waals surface area (Å²) in [5, 5.41) is 7.38. The molecular weight excluding hydrogens is 320 g/mol. The molecule has 1 fully saturated rings. The van der Waals surface area contributed by atoms with Crippen LogP contribution in [0.25, 0.3) is 11.4 Å². The Labute approximate surface area is 145 Å². The van der Waals surface area contributed by atoms with E-state index in [1.807, 2.05) is 6.07 Å². The number of para-hydroxylation sites is 1. The maximum Gasteiger partial charge on any atom is 0.246 e. The van der Waals surface area contributed by atoms with Gasteiger partial charge in [-0.2, -0.15) is 4.98 Å². The first-order valence-electron chi connectivity index (χ1n) is 8.35. The SMILES string of the molecule is c1ccc(NCc2nc(-c3ccoc3)no2)c(CN2CCOCC2)c1. The number of benzene rings is 1. The fourth-order valence-corrected chi connectivity index (χ4v) is 2.84. The van der Waals surface area contributed by atoms with Crippen molar-refractivity contribution in [2.24, 2.45) is 0 Å². The average molecular weight is 340 g/mol. The van der Waals surface area contributed by atoms with Crippen LogP contribution < -0.4 is 5.32 Å². The van der Waals surface area contributed by atoms with Gasteiger partial charge in [0.15, 0.2) is 0 Å². The van der Waals surface area contributed by atoms with E-state index in [1.54, 1.807) is 18.6 Å². The number of morpholine rings is 1. The quantitative estimate of drug-likeness (QED) is 0.739. The number of anilines is 1. The zero-order valence-corrected chi connectivity index (χ0v) is 13.9. The third-order valence-corrected chi connectivity index (χ3v) is 4.19. The Morgan fingerprint density at radius 3 is 2.84 bits per heavy atom. The number of ether oxygens (including phenoxy) is 1. The average Bonchev–Trinajstić information content (AvgIpc) is 3.33. The van der Waals surface area contributed by atoms with E-state index < -0.39 is 0 Å². The van der Waals surface area contributed by atoms with Crippen LogP contribution in [0.15, 0.2) is 51.8 Å². The molecule has 1 aromatic carbocycles. The van der Waals surface area contributed by atoms with Gasteiger partial charge in [0.1, 0.15) is 6.26 Å². The summed E-state index contributed by atoms with van der Waals surface area (Å²) in [4.78, 5) is 6.78. The van der Waals surface area contributed by atoms with Crippen LogP contribution >= 0.6 is 0 Å². The molecule has 1 saturated heterocycles. The van der Waals surface area contributed by atoms with Crippen LogP contribution in [-0.2, 0) is 17.8 Å². The molecule has 0 aliphatic carbocycles. The van der Waals surface area contributed by atoms with Crippen molar-refractivity contribution in [3.63, 3.8) is 0 Å². The van der Waals surface area contributed by atoms with Gasteiger partial charge in [-0.1, -0.05) is 23.4 Å². The molecule has 1 N–H and O–H groups in total. The smallest absolute Gasteiger partial charge is 0.246 e. The molecule has 25 heavy (non-hydrogen) atoms. The highest BCUT2D eigenvalue weighted by molar-refractivity contribution is 5.52. The first-order chi connectivity index (χ1) is 12.4. The number of hydrogen-bond acceptors (Lipinski definition) is 7. The Balaban J connectivity index is 1.41. The summed E-state index contributed by atoms with van der Waals surface area (Å²) in [5.41, 5.74) is 3.14. The fraction of sp³-hybridized carbons (Fsp3) is 0.333. The number of rotatable bonds is 6. The van der Waals surface area contributed by atoms with Crippen molar-refractivity contribution < 1.29 is 13.7 Å². The highest BCUT2D eigenvalue weighted by Gasteiger charge is 2.14. The molecular formula is C18H20N4O3. The summed E-state index contributed by atoms with van der Waals surface area (Å²) in [6.07, 6.45) is 3.19. The predicted octanol–water partition coefficient (Wildman–Crippen LogP) is 2.77. The van der Waals surface area contributed by atoms with Crippen LogP contribution in [-0.4, -0.2) is 41.3 Å². The molecule has 0 atom stereocenters. The van der Waals surface area contributed by atoms with Gasteiger partial charge >= 0.3 is 0 Å². The van der Waals surface area contributed by atoms with E-state index in [2.05, 4.69) is 38.6 Å². The number of furan rings is 1.